The van der Waals surface area contributed by atoms with Gasteiger partial charge in [0.05, 0.1) is 0 Å². The van der Waals surface area contributed by atoms with Crippen LogP contribution in [0.4, 0.5) is 0 Å². The van der Waals surface area contributed by atoms with Gasteiger partial charge in [0.1, 0.15) is 0 Å². The molecule has 2 atom stereocenters. The number of hydrogen-bond acceptors (Lipinski definition) is 4. The fourth-order valence-corrected chi connectivity index (χ4v) is 2.30. The second kappa shape index (κ2) is 5.46. The maximum absolute atomic E-state index is 7.07. The summed E-state index contributed by atoms with van der Waals surface area (Å²) in [5.74, 6) is 0.980. The van der Waals surface area contributed by atoms with Gasteiger partial charge in [-0.15, -0.1) is 5.11 Å². The molecule has 0 aliphatic carbocycles. The van der Waals surface area contributed by atoms with Crippen molar-refractivity contribution in [3.8, 4) is 0 Å². The first-order valence-electron chi connectivity index (χ1n) is 5.60. The first-order valence-corrected chi connectivity index (χ1v) is 6.03. The Hall–Kier alpha value is -0.870. The monoisotopic (exact) mass is 241 g/mol. The van der Waals surface area contributed by atoms with E-state index in [1.807, 2.05) is 6.08 Å². The Morgan fingerprint density at radius 2 is 2.50 bits per heavy atom. The minimum atomic E-state index is -0.489. The first-order chi connectivity index (χ1) is 7.79. The number of halogens is 1. The third-order valence-corrected chi connectivity index (χ3v) is 3.19. The summed E-state index contributed by atoms with van der Waals surface area (Å²) < 4.78 is 5.27. The van der Waals surface area contributed by atoms with Crippen LogP contribution in [0.25, 0.3) is 0 Å². The second-order valence-corrected chi connectivity index (χ2v) is 4.62. The fraction of sp³-hybridized carbons (Fsp3) is 0.636. The standard InChI is InChI=1S/C11H16ClN3O/c12-10-4-3-9(11(15-13)16-10)6-8-2-1-5-14-7-8/h3-4,8,10,13-14H,1-2,5-7H2. The lowest BCUT2D eigenvalue weighted by atomic mass is 9.92. The van der Waals surface area contributed by atoms with Gasteiger partial charge >= 0.3 is 0 Å². The molecule has 1 fully saturated rings. The van der Waals surface area contributed by atoms with Crippen LogP contribution in [0, 0.1) is 11.4 Å². The van der Waals surface area contributed by atoms with Crippen LogP contribution < -0.4 is 5.32 Å². The lowest BCUT2D eigenvalue weighted by Gasteiger charge is -2.24. The van der Waals surface area contributed by atoms with Gasteiger partial charge in [0, 0.05) is 5.57 Å². The second-order valence-electron chi connectivity index (χ2n) is 4.19. The fourth-order valence-electron chi connectivity index (χ4n) is 2.15. The number of allylic oxidation sites excluding steroid dienone is 2. The normalized spacial score (nSPS) is 30.1. The van der Waals surface area contributed by atoms with E-state index in [1.54, 1.807) is 6.08 Å². The van der Waals surface area contributed by atoms with E-state index in [0.29, 0.717) is 11.8 Å². The van der Waals surface area contributed by atoms with Crippen LogP contribution in [0.1, 0.15) is 19.3 Å². The van der Waals surface area contributed by atoms with Crippen LogP contribution in [0.2, 0.25) is 0 Å². The smallest absolute Gasteiger partial charge is 0.237 e. The summed E-state index contributed by atoms with van der Waals surface area (Å²) in [6, 6.07) is 0. The average Bonchev–Trinajstić information content (AvgIpc) is 2.33. The van der Waals surface area contributed by atoms with Crippen LogP contribution in [0.15, 0.2) is 28.7 Å². The summed E-state index contributed by atoms with van der Waals surface area (Å²) in [5, 5.41) is 6.77. The summed E-state index contributed by atoms with van der Waals surface area (Å²) in [7, 11) is 0. The molecule has 2 aliphatic heterocycles. The molecule has 2 N–H and O–H groups in total. The van der Waals surface area contributed by atoms with Gasteiger partial charge in [0.15, 0.2) is 5.56 Å². The molecule has 2 rings (SSSR count). The highest BCUT2D eigenvalue weighted by atomic mass is 35.5. The number of piperidine rings is 1. The predicted molar refractivity (Wildman–Crippen MR) is 62.3 cm³/mol. The number of rotatable bonds is 3. The first kappa shape index (κ1) is 11.6. The molecule has 0 bridgehead atoms. The lowest BCUT2D eigenvalue weighted by Crippen LogP contribution is -2.30. The Morgan fingerprint density at radius 1 is 1.62 bits per heavy atom. The Morgan fingerprint density at radius 3 is 3.19 bits per heavy atom. The van der Waals surface area contributed by atoms with Crippen molar-refractivity contribution in [1.82, 2.24) is 5.32 Å². The maximum atomic E-state index is 7.07. The van der Waals surface area contributed by atoms with E-state index in [1.165, 1.54) is 12.8 Å². The van der Waals surface area contributed by atoms with Crippen molar-refractivity contribution < 1.29 is 4.74 Å². The Bertz CT molecular complexity index is 321. The molecule has 4 nitrogen and oxygen atoms in total. The van der Waals surface area contributed by atoms with Gasteiger partial charge in [0.25, 0.3) is 0 Å². The van der Waals surface area contributed by atoms with Gasteiger partial charge in [-0.1, -0.05) is 17.7 Å². The summed E-state index contributed by atoms with van der Waals surface area (Å²) >= 11 is 5.80. The summed E-state index contributed by atoms with van der Waals surface area (Å²) in [6.45, 7) is 2.15. The van der Waals surface area contributed by atoms with Gasteiger partial charge in [-0.3, -0.25) is 0 Å². The molecule has 0 aromatic carbocycles. The van der Waals surface area contributed by atoms with Crippen LogP contribution in [-0.4, -0.2) is 18.7 Å². The van der Waals surface area contributed by atoms with E-state index in [-0.39, 0.29) is 0 Å². The van der Waals surface area contributed by atoms with Crippen LogP contribution in [-0.2, 0) is 4.74 Å². The maximum Gasteiger partial charge on any atom is 0.237 e. The van der Waals surface area contributed by atoms with Gasteiger partial charge in [-0.05, 0) is 44.3 Å². The summed E-state index contributed by atoms with van der Waals surface area (Å²) in [5.41, 5.74) is 7.57. The lowest BCUT2D eigenvalue weighted by molar-refractivity contribution is 0.198. The number of nitrogens with zero attached hydrogens (tertiary/aromatic N) is 1. The molecule has 2 unspecified atom stereocenters. The average molecular weight is 242 g/mol. The van der Waals surface area contributed by atoms with Crippen molar-refractivity contribution >= 4 is 11.6 Å². The molecular formula is C11H16ClN3O. The van der Waals surface area contributed by atoms with Gasteiger partial charge in [-0.2, -0.15) is 0 Å². The number of nitrogens with one attached hydrogen (secondary N) is 2. The van der Waals surface area contributed by atoms with Gasteiger partial charge in [-0.25, -0.2) is 5.53 Å². The molecule has 0 aromatic rings. The molecule has 0 spiro atoms. The minimum Gasteiger partial charge on any atom is -0.453 e. The molecule has 0 aromatic heterocycles. The molecule has 88 valence electrons. The third kappa shape index (κ3) is 2.83. The van der Waals surface area contributed by atoms with E-state index in [9.17, 15) is 0 Å². The molecule has 16 heavy (non-hydrogen) atoms. The van der Waals surface area contributed by atoms with E-state index in [2.05, 4.69) is 10.4 Å². The molecule has 5 heteroatoms. The largest absolute Gasteiger partial charge is 0.453 e. The summed E-state index contributed by atoms with van der Waals surface area (Å²) in [6.07, 6.45) is 7.07. The molecule has 0 radical (unpaired) electrons. The Labute approximate surface area is 100 Å². The molecular weight excluding hydrogens is 226 g/mol. The van der Waals surface area contributed by atoms with Crippen molar-refractivity contribution in [1.29, 1.82) is 5.53 Å². The van der Waals surface area contributed by atoms with Crippen LogP contribution in [0.3, 0.4) is 0 Å². The number of ether oxygens (including phenoxy) is 1. The molecule has 2 heterocycles. The van der Waals surface area contributed by atoms with Crippen LogP contribution in [0.5, 0.6) is 0 Å². The van der Waals surface area contributed by atoms with E-state index in [0.717, 1.165) is 25.1 Å². The Kier molecular flexibility index (Phi) is 3.96. The van der Waals surface area contributed by atoms with Gasteiger partial charge in [0.2, 0.25) is 5.88 Å². The number of hydrogen-bond donors (Lipinski definition) is 2. The van der Waals surface area contributed by atoms with E-state index >= 15 is 0 Å². The number of alkyl halides is 1. The van der Waals surface area contributed by atoms with Crippen molar-refractivity contribution in [2.45, 2.75) is 24.8 Å². The molecule has 0 saturated carbocycles. The minimum absolute atomic E-state index is 0.369. The van der Waals surface area contributed by atoms with E-state index in [4.69, 9.17) is 21.9 Å². The molecule has 2 aliphatic rings. The molecule has 1 saturated heterocycles. The zero-order valence-corrected chi connectivity index (χ0v) is 9.83. The topological polar surface area (TPSA) is 57.5 Å². The summed E-state index contributed by atoms with van der Waals surface area (Å²) in [4.78, 5) is 0. The SMILES string of the molecule is N=NC1=C(CC2CCCNC2)C=CC(Cl)O1. The quantitative estimate of drug-likeness (QED) is 0.590. The highest BCUT2D eigenvalue weighted by Gasteiger charge is 2.20. The van der Waals surface area contributed by atoms with Crippen molar-refractivity contribution in [3.63, 3.8) is 0 Å². The highest BCUT2D eigenvalue weighted by molar-refractivity contribution is 6.21. The zero-order chi connectivity index (χ0) is 11.4. The van der Waals surface area contributed by atoms with Crippen molar-refractivity contribution in [2.75, 3.05) is 13.1 Å². The third-order valence-electron chi connectivity index (χ3n) is 2.96. The Balaban J connectivity index is 2.01. The van der Waals surface area contributed by atoms with Gasteiger partial charge < -0.3 is 10.1 Å². The van der Waals surface area contributed by atoms with Crippen LogP contribution >= 0.6 is 11.6 Å². The van der Waals surface area contributed by atoms with Crippen molar-refractivity contribution in [3.05, 3.63) is 23.6 Å². The predicted octanol–water partition coefficient (Wildman–Crippen LogP) is 2.77. The van der Waals surface area contributed by atoms with Crippen molar-refractivity contribution in [2.24, 2.45) is 11.0 Å². The molecule has 0 amide bonds. The zero-order valence-electron chi connectivity index (χ0n) is 9.08. The van der Waals surface area contributed by atoms with E-state index < -0.39 is 5.56 Å². The highest BCUT2D eigenvalue weighted by Crippen LogP contribution is 2.27.